The van der Waals surface area contributed by atoms with E-state index in [-0.39, 0.29) is 17.0 Å². The largest absolute Gasteiger partial charge is 0.496 e. The quantitative estimate of drug-likeness (QED) is 0.567. The van der Waals surface area contributed by atoms with Gasteiger partial charge in [0.05, 0.1) is 12.7 Å². The molecule has 0 spiro atoms. The Kier molecular flexibility index (Phi) is 5.83. The summed E-state index contributed by atoms with van der Waals surface area (Å²) >= 11 is 0. The van der Waals surface area contributed by atoms with Gasteiger partial charge in [0.25, 0.3) is 5.56 Å². The number of carbonyl (C=O) groups excluding carboxylic acids is 2. The van der Waals surface area contributed by atoms with Crippen molar-refractivity contribution in [1.29, 1.82) is 0 Å². The average Bonchev–Trinajstić information content (AvgIpc) is 2.61. The smallest absolute Gasteiger partial charge is 0.359 e. The lowest BCUT2D eigenvalue weighted by atomic mass is 10.1. The highest BCUT2D eigenvalue weighted by Crippen LogP contribution is 2.17. The molecule has 0 bridgehead atoms. The maximum absolute atomic E-state index is 12.2. The number of para-hydroxylation sites is 1. The normalized spacial score (nSPS) is 10.2. The van der Waals surface area contributed by atoms with Gasteiger partial charge in [-0.05, 0) is 24.6 Å². The van der Waals surface area contributed by atoms with Crippen LogP contribution in [0, 0.1) is 0 Å². The van der Waals surface area contributed by atoms with Gasteiger partial charge in [-0.3, -0.25) is 9.59 Å². The van der Waals surface area contributed by atoms with E-state index in [1.165, 1.54) is 23.9 Å². The van der Waals surface area contributed by atoms with Gasteiger partial charge >= 0.3 is 5.97 Å². The van der Waals surface area contributed by atoms with Gasteiger partial charge in [-0.2, -0.15) is 5.10 Å². The first-order valence-corrected chi connectivity index (χ1v) is 7.48. The van der Waals surface area contributed by atoms with Crippen LogP contribution in [0.2, 0.25) is 0 Å². The van der Waals surface area contributed by atoms with Gasteiger partial charge in [0.1, 0.15) is 5.75 Å². The van der Waals surface area contributed by atoms with Crippen LogP contribution in [0.4, 0.5) is 0 Å². The number of ketones is 1. The highest BCUT2D eigenvalue weighted by atomic mass is 16.5. The SMILES string of the molecule is CCCn1nc(C(=O)OCC(=O)c2ccccc2OC)ccc1=O. The minimum atomic E-state index is -0.761. The zero-order chi connectivity index (χ0) is 17.5. The molecule has 1 aromatic carbocycles. The number of nitrogens with zero attached hydrogens (tertiary/aromatic N) is 2. The molecule has 126 valence electrons. The van der Waals surface area contributed by atoms with E-state index in [1.807, 2.05) is 6.92 Å². The standard InChI is InChI=1S/C17H18N2O5/c1-3-10-19-16(21)9-8-13(18-19)17(22)24-11-14(20)12-6-4-5-7-15(12)23-2/h4-9H,3,10-11H2,1-2H3. The average molecular weight is 330 g/mol. The number of esters is 1. The first-order valence-electron chi connectivity index (χ1n) is 7.48. The molecule has 24 heavy (non-hydrogen) atoms. The molecule has 0 saturated heterocycles. The molecule has 0 fully saturated rings. The Hall–Kier alpha value is -2.96. The lowest BCUT2D eigenvalue weighted by Gasteiger charge is -2.08. The molecule has 0 aliphatic heterocycles. The van der Waals surface area contributed by atoms with Gasteiger partial charge in [0.2, 0.25) is 5.78 Å². The van der Waals surface area contributed by atoms with Gasteiger partial charge in [0, 0.05) is 12.6 Å². The number of hydrogen-bond donors (Lipinski definition) is 0. The number of Topliss-reactive ketones (excluding diaryl/α,β-unsaturated/α-hetero) is 1. The number of rotatable bonds is 7. The van der Waals surface area contributed by atoms with Crippen LogP contribution in [0.1, 0.15) is 34.2 Å². The summed E-state index contributed by atoms with van der Waals surface area (Å²) in [7, 11) is 1.46. The number of aromatic nitrogens is 2. The van der Waals surface area contributed by atoms with Crippen LogP contribution in [0.25, 0.3) is 0 Å². The second-order valence-electron chi connectivity index (χ2n) is 4.98. The van der Waals surface area contributed by atoms with Crippen molar-refractivity contribution in [3.8, 4) is 5.75 Å². The lowest BCUT2D eigenvalue weighted by molar-refractivity contribution is 0.0465. The minimum Gasteiger partial charge on any atom is -0.496 e. The van der Waals surface area contributed by atoms with Crippen molar-refractivity contribution < 1.29 is 19.1 Å². The molecule has 0 atom stereocenters. The van der Waals surface area contributed by atoms with E-state index in [9.17, 15) is 14.4 Å². The molecular formula is C17H18N2O5. The summed E-state index contributed by atoms with van der Waals surface area (Å²) in [4.78, 5) is 35.8. The summed E-state index contributed by atoms with van der Waals surface area (Å²) in [6.45, 7) is 1.86. The molecule has 7 heteroatoms. The van der Waals surface area contributed by atoms with Crippen molar-refractivity contribution in [2.75, 3.05) is 13.7 Å². The van der Waals surface area contributed by atoms with Crippen LogP contribution in [-0.4, -0.2) is 35.2 Å². The van der Waals surface area contributed by atoms with Crippen molar-refractivity contribution in [1.82, 2.24) is 9.78 Å². The predicted molar refractivity (Wildman–Crippen MR) is 86.4 cm³/mol. The van der Waals surface area contributed by atoms with E-state index < -0.39 is 12.6 Å². The number of ether oxygens (including phenoxy) is 2. The van der Waals surface area contributed by atoms with Crippen molar-refractivity contribution in [3.05, 3.63) is 58.0 Å². The molecule has 2 rings (SSSR count). The number of carbonyl (C=O) groups is 2. The molecule has 0 aliphatic rings. The van der Waals surface area contributed by atoms with Gasteiger partial charge < -0.3 is 9.47 Å². The molecular weight excluding hydrogens is 312 g/mol. The number of hydrogen-bond acceptors (Lipinski definition) is 6. The second-order valence-corrected chi connectivity index (χ2v) is 4.98. The van der Waals surface area contributed by atoms with E-state index in [2.05, 4.69) is 5.10 Å². The fourth-order valence-electron chi connectivity index (χ4n) is 2.09. The molecule has 0 unspecified atom stereocenters. The third-order valence-corrected chi connectivity index (χ3v) is 3.25. The summed E-state index contributed by atoms with van der Waals surface area (Å²) in [5.74, 6) is -0.737. The summed E-state index contributed by atoms with van der Waals surface area (Å²) < 4.78 is 11.3. The first kappa shape index (κ1) is 17.4. The van der Waals surface area contributed by atoms with Crippen LogP contribution < -0.4 is 10.3 Å². The second kappa shape index (κ2) is 8.05. The fraction of sp³-hybridized carbons (Fsp3) is 0.294. The van der Waals surface area contributed by atoms with E-state index in [4.69, 9.17) is 9.47 Å². The summed E-state index contributed by atoms with van der Waals surface area (Å²) in [6, 6.07) is 9.21. The Labute approximate surface area is 138 Å². The lowest BCUT2D eigenvalue weighted by Crippen LogP contribution is -2.25. The number of methoxy groups -OCH3 is 1. The van der Waals surface area contributed by atoms with Gasteiger partial charge in [0.15, 0.2) is 12.3 Å². The Morgan fingerprint density at radius 3 is 2.62 bits per heavy atom. The molecule has 0 N–H and O–H groups in total. The van der Waals surface area contributed by atoms with Crippen molar-refractivity contribution >= 4 is 11.8 Å². The molecule has 2 aromatic rings. The van der Waals surface area contributed by atoms with E-state index in [1.54, 1.807) is 24.3 Å². The maximum Gasteiger partial charge on any atom is 0.359 e. The van der Waals surface area contributed by atoms with Crippen LogP contribution in [0.15, 0.2) is 41.2 Å². The van der Waals surface area contributed by atoms with E-state index >= 15 is 0 Å². The van der Waals surface area contributed by atoms with Gasteiger partial charge in [-0.1, -0.05) is 19.1 Å². The molecule has 0 amide bonds. The predicted octanol–water partition coefficient (Wildman–Crippen LogP) is 1.70. The maximum atomic E-state index is 12.2. The van der Waals surface area contributed by atoms with Crippen molar-refractivity contribution in [2.24, 2.45) is 0 Å². The number of aryl methyl sites for hydroxylation is 1. The third kappa shape index (κ3) is 4.07. The molecule has 7 nitrogen and oxygen atoms in total. The zero-order valence-electron chi connectivity index (χ0n) is 13.5. The Balaban J connectivity index is 2.06. The van der Waals surface area contributed by atoms with E-state index in [0.29, 0.717) is 24.3 Å². The minimum absolute atomic E-state index is 0.0177. The van der Waals surface area contributed by atoms with Gasteiger partial charge in [-0.25, -0.2) is 9.48 Å². The first-order chi connectivity index (χ1) is 11.6. The van der Waals surface area contributed by atoms with Gasteiger partial charge in [-0.15, -0.1) is 0 Å². The van der Waals surface area contributed by atoms with Crippen LogP contribution >= 0.6 is 0 Å². The molecule has 1 aromatic heterocycles. The third-order valence-electron chi connectivity index (χ3n) is 3.25. The summed E-state index contributed by atoms with van der Waals surface area (Å²) in [5, 5.41) is 3.94. The molecule has 0 radical (unpaired) electrons. The summed E-state index contributed by atoms with van der Waals surface area (Å²) in [5.41, 5.74) is 0.0195. The Bertz CT molecular complexity index is 798. The highest BCUT2D eigenvalue weighted by Gasteiger charge is 2.16. The van der Waals surface area contributed by atoms with Crippen molar-refractivity contribution in [2.45, 2.75) is 19.9 Å². The fourth-order valence-corrected chi connectivity index (χ4v) is 2.09. The van der Waals surface area contributed by atoms with Crippen LogP contribution in [-0.2, 0) is 11.3 Å². The highest BCUT2D eigenvalue weighted by molar-refractivity contribution is 6.01. The zero-order valence-corrected chi connectivity index (χ0v) is 13.5. The van der Waals surface area contributed by atoms with Crippen LogP contribution in [0.5, 0.6) is 5.75 Å². The van der Waals surface area contributed by atoms with Crippen LogP contribution in [0.3, 0.4) is 0 Å². The van der Waals surface area contributed by atoms with E-state index in [0.717, 1.165) is 0 Å². The van der Waals surface area contributed by atoms with Crippen molar-refractivity contribution in [3.63, 3.8) is 0 Å². The molecule has 0 aliphatic carbocycles. The molecule has 0 saturated carbocycles. The number of benzene rings is 1. The topological polar surface area (TPSA) is 87.5 Å². The Morgan fingerprint density at radius 1 is 1.17 bits per heavy atom. The monoisotopic (exact) mass is 330 g/mol. The summed E-state index contributed by atoms with van der Waals surface area (Å²) in [6.07, 6.45) is 0.706. The Morgan fingerprint density at radius 2 is 1.92 bits per heavy atom. The molecule has 1 heterocycles.